The lowest BCUT2D eigenvalue weighted by atomic mass is 9.56. The Balaban J connectivity index is 1.52. The van der Waals surface area contributed by atoms with Crippen LogP contribution in [0.5, 0.6) is 0 Å². The summed E-state index contributed by atoms with van der Waals surface area (Å²) in [5, 5.41) is 0. The van der Waals surface area contributed by atoms with Gasteiger partial charge < -0.3 is 0 Å². The summed E-state index contributed by atoms with van der Waals surface area (Å²) in [7, 11) is -3.74. The molecule has 2 aromatic rings. The lowest BCUT2D eigenvalue weighted by Crippen LogP contribution is -2.63. The molecule has 7 rings (SSSR count). The first-order chi connectivity index (χ1) is 16.0. The minimum Gasteiger partial charge on any atom is -0.298 e. The van der Waals surface area contributed by atoms with Gasteiger partial charge in [-0.25, -0.2) is 18.2 Å². The molecule has 1 spiro atoms. The summed E-state index contributed by atoms with van der Waals surface area (Å²) in [6.45, 7) is 8.23. The standard InChI is InChI=1S/C27H29NO5S/c1-18-10-12-20(13-11-18)34(30,31)28-14-21-22(15-28)27-16-24(2,3)23(29)25(27,4)17-26(21,32-33-27)19-8-6-5-7-9-19/h5-13H,14-17H2,1-4H3/t25-,26+,27-/m1/s1. The lowest BCUT2D eigenvalue weighted by molar-refractivity contribution is -0.458. The largest absolute Gasteiger partial charge is 0.298 e. The van der Waals surface area contributed by atoms with Crippen LogP contribution in [0.4, 0.5) is 0 Å². The third-order valence-corrected chi connectivity index (χ3v) is 10.3. The molecular weight excluding hydrogens is 450 g/mol. The molecule has 2 bridgehead atoms. The van der Waals surface area contributed by atoms with Crippen LogP contribution in [0.25, 0.3) is 0 Å². The number of aryl methyl sites for hydroxylation is 1. The number of rotatable bonds is 3. The van der Waals surface area contributed by atoms with E-state index in [2.05, 4.69) is 0 Å². The molecule has 0 unspecified atom stereocenters. The number of hydrogen-bond acceptors (Lipinski definition) is 5. The van der Waals surface area contributed by atoms with Gasteiger partial charge in [-0.1, -0.05) is 61.9 Å². The summed E-state index contributed by atoms with van der Waals surface area (Å²) in [4.78, 5) is 26.5. The van der Waals surface area contributed by atoms with E-state index in [4.69, 9.17) is 9.78 Å². The molecule has 0 N–H and O–H groups in total. The molecule has 5 aliphatic rings. The maximum atomic E-state index is 13.8. The molecule has 3 atom stereocenters. The molecule has 0 aromatic heterocycles. The Hall–Kier alpha value is -2.32. The number of nitrogens with zero attached hydrogens (tertiary/aromatic N) is 1. The van der Waals surface area contributed by atoms with Crippen LogP contribution in [0.1, 0.15) is 44.7 Å². The van der Waals surface area contributed by atoms with Gasteiger partial charge in [-0.3, -0.25) is 4.79 Å². The Morgan fingerprint density at radius 3 is 2.18 bits per heavy atom. The van der Waals surface area contributed by atoms with Crippen molar-refractivity contribution in [1.29, 1.82) is 0 Å². The second kappa shape index (κ2) is 6.66. The molecule has 3 heterocycles. The molecular formula is C27H29NO5S. The van der Waals surface area contributed by atoms with Crippen LogP contribution >= 0.6 is 0 Å². The van der Waals surface area contributed by atoms with E-state index in [1.165, 1.54) is 4.31 Å². The fourth-order valence-corrected chi connectivity index (χ4v) is 8.27. The first kappa shape index (κ1) is 22.2. The normalized spacial score (nSPS) is 34.4. The van der Waals surface area contributed by atoms with E-state index in [1.54, 1.807) is 12.1 Å². The SMILES string of the molecule is Cc1ccc(S(=O)(=O)N2CC3=C(C2)[C@]24CC(C)(C)C(=O)[C@@]2(C)C[C@@]3(c2ccccc2)OO4)cc1. The van der Waals surface area contributed by atoms with Gasteiger partial charge in [0.2, 0.25) is 10.0 Å². The van der Waals surface area contributed by atoms with Gasteiger partial charge >= 0.3 is 0 Å². The number of sulfonamides is 1. The fraction of sp³-hybridized carbons (Fsp3) is 0.444. The average molecular weight is 480 g/mol. The maximum Gasteiger partial charge on any atom is 0.243 e. The van der Waals surface area contributed by atoms with Crippen molar-refractivity contribution in [2.75, 3.05) is 13.1 Å². The number of Topliss-reactive ketones (excluding diaryl/α,β-unsaturated/α-hetero) is 1. The van der Waals surface area contributed by atoms with E-state index in [9.17, 15) is 13.2 Å². The number of ketones is 1. The molecule has 2 aromatic carbocycles. The summed E-state index contributed by atoms with van der Waals surface area (Å²) in [5.74, 6) is 0.148. The van der Waals surface area contributed by atoms with Gasteiger partial charge in [0, 0.05) is 24.9 Å². The van der Waals surface area contributed by atoms with Crippen molar-refractivity contribution >= 4 is 15.8 Å². The van der Waals surface area contributed by atoms with Crippen molar-refractivity contribution in [3.05, 3.63) is 76.9 Å². The predicted octanol–water partition coefficient (Wildman–Crippen LogP) is 4.30. The second-order valence-corrected chi connectivity index (χ2v) is 13.1. The van der Waals surface area contributed by atoms with Gasteiger partial charge in [0.1, 0.15) is 11.4 Å². The van der Waals surface area contributed by atoms with Crippen molar-refractivity contribution in [3.63, 3.8) is 0 Å². The zero-order valence-corrected chi connectivity index (χ0v) is 20.7. The molecule has 3 aliphatic heterocycles. The molecule has 0 radical (unpaired) electrons. The molecule has 0 amide bonds. The Morgan fingerprint density at radius 2 is 1.50 bits per heavy atom. The smallest absolute Gasteiger partial charge is 0.243 e. The number of benzene rings is 2. The summed E-state index contributed by atoms with van der Waals surface area (Å²) in [5.41, 5.74) is 0.321. The van der Waals surface area contributed by atoms with E-state index in [-0.39, 0.29) is 23.8 Å². The fourth-order valence-electron chi connectivity index (χ4n) is 6.89. The van der Waals surface area contributed by atoms with Crippen LogP contribution < -0.4 is 0 Å². The van der Waals surface area contributed by atoms with Crippen LogP contribution in [0.3, 0.4) is 0 Å². The highest BCUT2D eigenvalue weighted by Crippen LogP contribution is 2.71. The number of carbonyl (C=O) groups is 1. The minimum absolute atomic E-state index is 0.148. The first-order valence-corrected chi connectivity index (χ1v) is 13.2. The highest BCUT2D eigenvalue weighted by atomic mass is 32.2. The highest BCUT2D eigenvalue weighted by Gasteiger charge is 2.77. The van der Waals surface area contributed by atoms with Gasteiger partial charge in [0.15, 0.2) is 5.60 Å². The predicted molar refractivity (Wildman–Crippen MR) is 126 cm³/mol. The van der Waals surface area contributed by atoms with Crippen molar-refractivity contribution in [2.45, 2.75) is 56.6 Å². The molecule has 1 saturated heterocycles. The minimum atomic E-state index is -3.74. The molecule has 178 valence electrons. The van der Waals surface area contributed by atoms with Gasteiger partial charge in [0.05, 0.1) is 10.3 Å². The quantitative estimate of drug-likeness (QED) is 0.485. The summed E-state index contributed by atoms with van der Waals surface area (Å²) >= 11 is 0. The lowest BCUT2D eigenvalue weighted by Gasteiger charge is -2.57. The Labute approximate surface area is 200 Å². The Morgan fingerprint density at radius 1 is 0.853 bits per heavy atom. The van der Waals surface area contributed by atoms with E-state index < -0.39 is 32.1 Å². The molecule has 2 aliphatic carbocycles. The first-order valence-electron chi connectivity index (χ1n) is 11.7. The van der Waals surface area contributed by atoms with Gasteiger partial charge in [-0.05, 0) is 49.1 Å². The second-order valence-electron chi connectivity index (χ2n) is 11.1. The van der Waals surface area contributed by atoms with E-state index >= 15 is 0 Å². The topological polar surface area (TPSA) is 72.9 Å². The van der Waals surface area contributed by atoms with Gasteiger partial charge in [-0.2, -0.15) is 4.31 Å². The zero-order valence-electron chi connectivity index (χ0n) is 19.9. The van der Waals surface area contributed by atoms with E-state index in [0.29, 0.717) is 12.8 Å². The van der Waals surface area contributed by atoms with Crippen molar-refractivity contribution in [1.82, 2.24) is 4.31 Å². The third-order valence-electron chi connectivity index (χ3n) is 8.53. The Kier molecular flexibility index (Phi) is 4.34. The van der Waals surface area contributed by atoms with Crippen LogP contribution in [0.2, 0.25) is 0 Å². The maximum absolute atomic E-state index is 13.8. The monoisotopic (exact) mass is 479 g/mol. The van der Waals surface area contributed by atoms with Crippen LogP contribution in [0, 0.1) is 17.8 Å². The Bertz CT molecular complexity index is 1350. The number of fused-ring (bicyclic) bond motifs is 1. The molecule has 7 heteroatoms. The number of hydrogen-bond donors (Lipinski definition) is 0. The van der Waals surface area contributed by atoms with E-state index in [1.807, 2.05) is 70.2 Å². The summed E-state index contributed by atoms with van der Waals surface area (Å²) in [6, 6.07) is 16.7. The van der Waals surface area contributed by atoms with Gasteiger partial charge in [0.25, 0.3) is 0 Å². The zero-order chi connectivity index (χ0) is 24.1. The van der Waals surface area contributed by atoms with Crippen molar-refractivity contribution in [2.24, 2.45) is 10.8 Å². The van der Waals surface area contributed by atoms with Crippen molar-refractivity contribution in [3.8, 4) is 0 Å². The number of carbonyl (C=O) groups excluding carboxylic acids is 1. The highest BCUT2D eigenvalue weighted by molar-refractivity contribution is 7.89. The van der Waals surface area contributed by atoms with Crippen molar-refractivity contribution < 1.29 is 23.0 Å². The van der Waals surface area contributed by atoms with Crippen LogP contribution in [0.15, 0.2) is 70.6 Å². The molecule has 6 nitrogen and oxygen atoms in total. The molecule has 2 fully saturated rings. The van der Waals surface area contributed by atoms with Crippen LogP contribution in [-0.2, 0) is 30.2 Å². The molecule has 1 saturated carbocycles. The molecule has 34 heavy (non-hydrogen) atoms. The average Bonchev–Trinajstić information content (AvgIpc) is 3.34. The third kappa shape index (κ3) is 2.56. The van der Waals surface area contributed by atoms with E-state index in [0.717, 1.165) is 22.3 Å². The summed E-state index contributed by atoms with van der Waals surface area (Å²) < 4.78 is 28.9. The summed E-state index contributed by atoms with van der Waals surface area (Å²) in [6.07, 6.45) is 0.904. The van der Waals surface area contributed by atoms with Crippen LogP contribution in [-0.4, -0.2) is 37.2 Å². The van der Waals surface area contributed by atoms with Gasteiger partial charge in [-0.15, -0.1) is 0 Å².